The van der Waals surface area contributed by atoms with Crippen molar-refractivity contribution in [3.8, 4) is 0 Å². The Hall–Kier alpha value is -0.210. The van der Waals surface area contributed by atoms with Crippen LogP contribution in [0.5, 0.6) is 0 Å². The van der Waals surface area contributed by atoms with Crippen LogP contribution in [0.3, 0.4) is 0 Å². The predicted octanol–water partition coefficient (Wildman–Crippen LogP) is 0.785. The summed E-state index contributed by atoms with van der Waals surface area (Å²) in [4.78, 5) is 2.27. The standard InChI is InChI=1S/C15H30N2O4S/c1-15(2,3)14-13-17(8-11-21-14)22(18,19)12-4-5-16-6-9-20-10-7-16/h14H,4-13H2,1-3H3/t14-/m1/s1. The molecule has 0 aromatic carbocycles. The van der Waals surface area contributed by atoms with Crippen LogP contribution < -0.4 is 0 Å². The van der Waals surface area contributed by atoms with Gasteiger partial charge in [-0.3, -0.25) is 4.90 Å². The first-order valence-corrected chi connectivity index (χ1v) is 9.79. The van der Waals surface area contributed by atoms with E-state index in [1.807, 2.05) is 0 Å². The molecule has 2 saturated heterocycles. The van der Waals surface area contributed by atoms with E-state index in [0.29, 0.717) is 26.1 Å². The molecule has 0 aromatic heterocycles. The number of sulfonamides is 1. The Kier molecular flexibility index (Phi) is 6.24. The zero-order valence-electron chi connectivity index (χ0n) is 14.1. The summed E-state index contributed by atoms with van der Waals surface area (Å²) in [7, 11) is -3.18. The van der Waals surface area contributed by atoms with Crippen molar-refractivity contribution in [2.45, 2.75) is 33.3 Å². The van der Waals surface area contributed by atoms with Gasteiger partial charge in [0, 0.05) is 26.2 Å². The van der Waals surface area contributed by atoms with Crippen molar-refractivity contribution in [1.29, 1.82) is 0 Å². The van der Waals surface area contributed by atoms with Gasteiger partial charge in [-0.25, -0.2) is 8.42 Å². The van der Waals surface area contributed by atoms with Crippen LogP contribution in [0.25, 0.3) is 0 Å². The fourth-order valence-electron chi connectivity index (χ4n) is 2.83. The lowest BCUT2D eigenvalue weighted by Gasteiger charge is -2.39. The van der Waals surface area contributed by atoms with Crippen LogP contribution in [-0.4, -0.2) is 82.0 Å². The molecule has 22 heavy (non-hydrogen) atoms. The van der Waals surface area contributed by atoms with Crippen LogP contribution >= 0.6 is 0 Å². The largest absolute Gasteiger partial charge is 0.379 e. The first-order chi connectivity index (χ1) is 10.3. The van der Waals surface area contributed by atoms with Gasteiger partial charge >= 0.3 is 0 Å². The summed E-state index contributed by atoms with van der Waals surface area (Å²) < 4.78 is 37.7. The third kappa shape index (κ3) is 5.16. The number of rotatable bonds is 5. The smallest absolute Gasteiger partial charge is 0.214 e. The van der Waals surface area contributed by atoms with Crippen molar-refractivity contribution in [2.75, 3.05) is 58.3 Å². The normalized spacial score (nSPS) is 26.2. The predicted molar refractivity (Wildman–Crippen MR) is 86.4 cm³/mol. The lowest BCUT2D eigenvalue weighted by molar-refractivity contribution is -0.0591. The minimum absolute atomic E-state index is 0.0322. The zero-order chi connectivity index (χ0) is 16.2. The zero-order valence-corrected chi connectivity index (χ0v) is 14.9. The van der Waals surface area contributed by atoms with Crippen molar-refractivity contribution < 1.29 is 17.9 Å². The molecule has 0 amide bonds. The highest BCUT2D eigenvalue weighted by Crippen LogP contribution is 2.26. The number of hydrogen-bond acceptors (Lipinski definition) is 5. The lowest BCUT2D eigenvalue weighted by atomic mass is 9.88. The van der Waals surface area contributed by atoms with Crippen LogP contribution in [0.2, 0.25) is 0 Å². The second-order valence-electron chi connectivity index (χ2n) is 7.21. The summed E-state index contributed by atoms with van der Waals surface area (Å²) in [5.74, 6) is 0.223. The van der Waals surface area contributed by atoms with Gasteiger partial charge in [-0.1, -0.05) is 20.8 Å². The highest BCUT2D eigenvalue weighted by atomic mass is 32.2. The summed E-state index contributed by atoms with van der Waals surface area (Å²) in [5, 5.41) is 0. The van der Waals surface area contributed by atoms with Gasteiger partial charge in [0.25, 0.3) is 0 Å². The van der Waals surface area contributed by atoms with Gasteiger partial charge in [0.15, 0.2) is 0 Å². The molecule has 0 unspecified atom stereocenters. The minimum atomic E-state index is -3.18. The molecule has 0 N–H and O–H groups in total. The Morgan fingerprint density at radius 1 is 1.09 bits per heavy atom. The average molecular weight is 334 g/mol. The maximum atomic E-state index is 12.5. The van der Waals surface area contributed by atoms with Crippen molar-refractivity contribution in [1.82, 2.24) is 9.21 Å². The summed E-state index contributed by atoms with van der Waals surface area (Å²) in [6.07, 6.45) is 0.648. The number of hydrogen-bond donors (Lipinski definition) is 0. The summed E-state index contributed by atoms with van der Waals surface area (Å²) in [6, 6.07) is 0. The Morgan fingerprint density at radius 3 is 2.41 bits per heavy atom. The van der Waals surface area contributed by atoms with E-state index >= 15 is 0 Å². The van der Waals surface area contributed by atoms with Crippen LogP contribution in [-0.2, 0) is 19.5 Å². The molecule has 0 aliphatic carbocycles. The molecule has 2 rings (SSSR count). The van der Waals surface area contributed by atoms with E-state index < -0.39 is 10.0 Å². The second kappa shape index (κ2) is 7.57. The van der Waals surface area contributed by atoms with E-state index in [0.717, 1.165) is 32.8 Å². The molecule has 0 radical (unpaired) electrons. The van der Waals surface area contributed by atoms with Gasteiger partial charge in [-0.15, -0.1) is 0 Å². The maximum absolute atomic E-state index is 12.5. The quantitative estimate of drug-likeness (QED) is 0.744. The third-order valence-electron chi connectivity index (χ3n) is 4.37. The fraction of sp³-hybridized carbons (Fsp3) is 1.00. The Labute approximate surface area is 134 Å². The van der Waals surface area contributed by atoms with Crippen LogP contribution in [0.15, 0.2) is 0 Å². The van der Waals surface area contributed by atoms with Gasteiger partial charge in [0.05, 0.1) is 31.7 Å². The second-order valence-corrected chi connectivity index (χ2v) is 9.30. The molecule has 2 fully saturated rings. The first kappa shape index (κ1) is 18.1. The number of ether oxygens (including phenoxy) is 2. The molecule has 2 aliphatic rings. The van der Waals surface area contributed by atoms with Crippen LogP contribution in [0.4, 0.5) is 0 Å². The first-order valence-electron chi connectivity index (χ1n) is 8.18. The molecule has 7 heteroatoms. The van der Waals surface area contributed by atoms with Crippen molar-refractivity contribution >= 4 is 10.0 Å². The monoisotopic (exact) mass is 334 g/mol. The molecule has 2 aliphatic heterocycles. The van der Waals surface area contributed by atoms with Crippen LogP contribution in [0.1, 0.15) is 27.2 Å². The van der Waals surface area contributed by atoms with E-state index in [-0.39, 0.29) is 17.3 Å². The van der Waals surface area contributed by atoms with E-state index in [1.54, 1.807) is 4.31 Å². The summed E-state index contributed by atoms with van der Waals surface area (Å²) in [6.45, 7) is 11.9. The average Bonchev–Trinajstić information content (AvgIpc) is 2.47. The Balaban J connectivity index is 1.81. The highest BCUT2D eigenvalue weighted by molar-refractivity contribution is 7.89. The Morgan fingerprint density at radius 2 is 1.77 bits per heavy atom. The van der Waals surface area contributed by atoms with Gasteiger partial charge in [-0.05, 0) is 18.4 Å². The molecule has 0 spiro atoms. The summed E-state index contributed by atoms with van der Waals surface area (Å²) in [5.41, 5.74) is -0.0397. The molecule has 2 heterocycles. The lowest BCUT2D eigenvalue weighted by Crippen LogP contribution is -2.50. The van der Waals surface area contributed by atoms with Crippen molar-refractivity contribution in [3.63, 3.8) is 0 Å². The molecule has 6 nitrogen and oxygen atoms in total. The molecule has 0 aromatic rings. The summed E-state index contributed by atoms with van der Waals surface area (Å²) >= 11 is 0. The van der Waals surface area contributed by atoms with Gasteiger partial charge in [0.2, 0.25) is 10.0 Å². The molecule has 0 saturated carbocycles. The Bertz CT molecular complexity index is 441. The van der Waals surface area contributed by atoms with Crippen LogP contribution in [0, 0.1) is 5.41 Å². The highest BCUT2D eigenvalue weighted by Gasteiger charge is 2.35. The van der Waals surface area contributed by atoms with Gasteiger partial charge < -0.3 is 9.47 Å². The van der Waals surface area contributed by atoms with Crippen molar-refractivity contribution in [3.05, 3.63) is 0 Å². The SMILES string of the molecule is CC(C)(C)[C@H]1CN(S(=O)(=O)CCCN2CCOCC2)CCO1. The van der Waals surface area contributed by atoms with E-state index in [2.05, 4.69) is 25.7 Å². The fourth-order valence-corrected chi connectivity index (χ4v) is 4.29. The number of morpholine rings is 2. The minimum Gasteiger partial charge on any atom is -0.379 e. The molecule has 1 atom stereocenters. The molecule has 130 valence electrons. The number of nitrogens with zero attached hydrogens (tertiary/aromatic N) is 2. The topological polar surface area (TPSA) is 59.1 Å². The van der Waals surface area contributed by atoms with Gasteiger partial charge in [0.1, 0.15) is 0 Å². The van der Waals surface area contributed by atoms with E-state index in [4.69, 9.17) is 9.47 Å². The maximum Gasteiger partial charge on any atom is 0.214 e. The van der Waals surface area contributed by atoms with E-state index in [9.17, 15) is 8.42 Å². The molecular formula is C15H30N2O4S. The third-order valence-corrected chi connectivity index (χ3v) is 6.29. The molecular weight excluding hydrogens is 304 g/mol. The van der Waals surface area contributed by atoms with Crippen molar-refractivity contribution in [2.24, 2.45) is 5.41 Å². The van der Waals surface area contributed by atoms with Gasteiger partial charge in [-0.2, -0.15) is 4.31 Å². The van der Waals surface area contributed by atoms with E-state index in [1.165, 1.54) is 0 Å². The molecule has 0 bridgehead atoms.